The first-order valence-corrected chi connectivity index (χ1v) is 17.0. The maximum Gasteiger partial charge on any atom is 0.311 e. The molecule has 0 amide bonds. The van der Waals surface area contributed by atoms with Crippen LogP contribution in [0.25, 0.3) is 0 Å². The quantitative estimate of drug-likeness (QED) is 0.319. The van der Waals surface area contributed by atoms with Crippen molar-refractivity contribution < 1.29 is 34.7 Å². The van der Waals surface area contributed by atoms with Crippen LogP contribution >= 0.6 is 0 Å². The summed E-state index contributed by atoms with van der Waals surface area (Å²) in [5.41, 5.74) is -1.66. The number of esters is 1. The van der Waals surface area contributed by atoms with Crippen LogP contribution in [0.1, 0.15) is 94.4 Å². The van der Waals surface area contributed by atoms with Gasteiger partial charge in [0, 0.05) is 31.1 Å². The number of ether oxygens (including phenoxy) is 2. The molecule has 0 spiro atoms. The monoisotopic (exact) mass is 614 g/mol. The highest BCUT2D eigenvalue weighted by Gasteiger charge is 2.47. The zero-order chi connectivity index (χ0) is 32.8. The summed E-state index contributed by atoms with van der Waals surface area (Å²) in [6.45, 7) is 19.3. The molecule has 2 fully saturated rings. The molecule has 0 radical (unpaired) electrons. The lowest BCUT2D eigenvalue weighted by Crippen LogP contribution is -2.59. The summed E-state index contributed by atoms with van der Waals surface area (Å²) >= 11 is 0. The van der Waals surface area contributed by atoms with Crippen LogP contribution in [0.15, 0.2) is 0 Å². The van der Waals surface area contributed by atoms with Gasteiger partial charge < -0.3 is 39.7 Å². The van der Waals surface area contributed by atoms with E-state index >= 15 is 0 Å². The first-order chi connectivity index (χ1) is 20.0. The number of aliphatic hydroxyl groups excluding tert-OH is 3. The van der Waals surface area contributed by atoms with Crippen molar-refractivity contribution in [3.8, 4) is 0 Å². The predicted octanol–water partition coefficient (Wildman–Crippen LogP) is 3.55. The van der Waals surface area contributed by atoms with Crippen LogP contribution in [-0.2, 0) is 14.3 Å². The molecule has 14 atom stereocenters. The second kappa shape index (κ2) is 16.7. The summed E-state index contributed by atoms with van der Waals surface area (Å²) < 4.78 is 12.5. The average molecular weight is 615 g/mol. The zero-order valence-electron chi connectivity index (χ0n) is 29.1. The lowest BCUT2D eigenvalue weighted by molar-refractivity contribution is -0.192. The second-order valence-electron chi connectivity index (χ2n) is 14.6. The summed E-state index contributed by atoms with van der Waals surface area (Å²) in [6.07, 6.45) is 0.996. The zero-order valence-corrected chi connectivity index (χ0v) is 29.1. The van der Waals surface area contributed by atoms with Gasteiger partial charge in [0.15, 0.2) is 0 Å². The van der Waals surface area contributed by atoms with Crippen molar-refractivity contribution >= 4 is 5.97 Å². The van der Waals surface area contributed by atoms with E-state index in [1.807, 2.05) is 27.8 Å². The molecule has 254 valence electrons. The van der Waals surface area contributed by atoms with E-state index in [2.05, 4.69) is 44.5 Å². The van der Waals surface area contributed by atoms with Crippen molar-refractivity contribution in [1.82, 2.24) is 9.80 Å². The standard InChI is InChI=1S/C34H66N2O7/c1-12-26-28(35(10)14-15-37)17-22(5)42-29(26)18-27-21(4)16-20(3)19-36(11)25(8)32(39)34(9,41)30(13-2)43-33(40)24(7)31(38)23(27)6/h20-32,37-39,41H,12-19H2,1-11H3/t20-,21+,22-,23-,24-,25-,26+,27+,28-,29+,30-,31+,32-,34-/m1/s1. The Morgan fingerprint density at radius 1 is 1.02 bits per heavy atom. The van der Waals surface area contributed by atoms with Crippen LogP contribution in [0.3, 0.4) is 0 Å². The molecule has 2 aliphatic rings. The van der Waals surface area contributed by atoms with Crippen LogP contribution in [0, 0.1) is 35.5 Å². The third-order valence-corrected chi connectivity index (χ3v) is 11.2. The number of hydrogen-bond donors (Lipinski definition) is 4. The van der Waals surface area contributed by atoms with Crippen LogP contribution in [0.4, 0.5) is 0 Å². The van der Waals surface area contributed by atoms with Gasteiger partial charge in [0.2, 0.25) is 0 Å². The maximum atomic E-state index is 13.4. The van der Waals surface area contributed by atoms with E-state index in [0.29, 0.717) is 30.8 Å². The lowest BCUT2D eigenvalue weighted by Gasteiger charge is -2.47. The van der Waals surface area contributed by atoms with Crippen molar-refractivity contribution in [3.05, 3.63) is 0 Å². The highest BCUT2D eigenvalue weighted by molar-refractivity contribution is 5.73. The molecule has 2 heterocycles. The predicted molar refractivity (Wildman–Crippen MR) is 171 cm³/mol. The van der Waals surface area contributed by atoms with Gasteiger partial charge in [-0.05, 0) is 97.6 Å². The van der Waals surface area contributed by atoms with Gasteiger partial charge >= 0.3 is 5.97 Å². The van der Waals surface area contributed by atoms with E-state index in [0.717, 1.165) is 32.2 Å². The third kappa shape index (κ3) is 9.36. The van der Waals surface area contributed by atoms with Gasteiger partial charge in [0.25, 0.3) is 0 Å². The molecule has 0 aromatic rings. The molecule has 0 bridgehead atoms. The first-order valence-electron chi connectivity index (χ1n) is 17.0. The third-order valence-electron chi connectivity index (χ3n) is 11.2. The van der Waals surface area contributed by atoms with Crippen molar-refractivity contribution in [3.63, 3.8) is 0 Å². The molecule has 2 aliphatic heterocycles. The molecule has 0 aromatic carbocycles. The van der Waals surface area contributed by atoms with Crippen LogP contribution in [-0.4, -0.2) is 118 Å². The van der Waals surface area contributed by atoms with Crippen molar-refractivity contribution in [1.29, 1.82) is 0 Å². The van der Waals surface area contributed by atoms with Gasteiger partial charge in [-0.15, -0.1) is 0 Å². The Kier molecular flexibility index (Phi) is 14.9. The fraction of sp³-hybridized carbons (Fsp3) is 0.971. The SMILES string of the molecule is CC[C@@H]1[C@H](C[C@@H]2[C@@H](C)[C@H](O)[C@@H](C)C(=O)O[C@H](CC)[C@@](C)(O)[C@H](O)[C@@H](C)N(C)C[C@H](C)C[C@@H]2C)O[C@H](C)C[C@H]1N(C)CCO. The average Bonchev–Trinajstić information content (AvgIpc) is 2.95. The topological polar surface area (TPSA) is 123 Å². The van der Waals surface area contributed by atoms with Gasteiger partial charge in [-0.25, -0.2) is 0 Å². The Morgan fingerprint density at radius 2 is 1.65 bits per heavy atom. The molecular weight excluding hydrogens is 548 g/mol. The maximum absolute atomic E-state index is 13.4. The number of rotatable bonds is 7. The second-order valence-corrected chi connectivity index (χ2v) is 14.6. The van der Waals surface area contributed by atoms with Gasteiger partial charge in [0.05, 0.1) is 30.8 Å². The number of likely N-dealkylation sites (N-methyl/N-ethyl adjacent to an activating group) is 2. The molecule has 43 heavy (non-hydrogen) atoms. The molecule has 2 rings (SSSR count). The fourth-order valence-corrected chi connectivity index (χ4v) is 8.22. The number of nitrogens with zero attached hydrogens (tertiary/aromatic N) is 2. The number of carbonyl (C=O) groups excluding carboxylic acids is 1. The van der Waals surface area contributed by atoms with Crippen LogP contribution in [0.5, 0.6) is 0 Å². The van der Waals surface area contributed by atoms with Gasteiger partial charge in [-0.1, -0.05) is 34.6 Å². The minimum Gasteiger partial charge on any atom is -0.459 e. The van der Waals surface area contributed by atoms with Crippen molar-refractivity contribution in [2.75, 3.05) is 33.8 Å². The Morgan fingerprint density at radius 3 is 2.21 bits per heavy atom. The summed E-state index contributed by atoms with van der Waals surface area (Å²) in [5, 5.41) is 44.0. The Balaban J connectivity index is 2.48. The van der Waals surface area contributed by atoms with Gasteiger partial charge in [-0.2, -0.15) is 0 Å². The summed E-state index contributed by atoms with van der Waals surface area (Å²) in [7, 11) is 4.05. The Hall–Kier alpha value is -0.810. The van der Waals surface area contributed by atoms with Crippen molar-refractivity contribution in [2.24, 2.45) is 35.5 Å². The molecule has 9 nitrogen and oxygen atoms in total. The van der Waals surface area contributed by atoms with Gasteiger partial charge in [-0.3, -0.25) is 4.79 Å². The molecule has 4 N–H and O–H groups in total. The number of aliphatic hydroxyl groups is 4. The highest BCUT2D eigenvalue weighted by atomic mass is 16.6. The summed E-state index contributed by atoms with van der Waals surface area (Å²) in [5.74, 6) is -0.652. The number of carbonyl (C=O) groups is 1. The lowest BCUT2D eigenvalue weighted by atomic mass is 9.69. The molecule has 0 aromatic heterocycles. The van der Waals surface area contributed by atoms with Gasteiger partial charge in [0.1, 0.15) is 17.8 Å². The molecule has 2 saturated heterocycles. The van der Waals surface area contributed by atoms with Crippen LogP contribution < -0.4 is 0 Å². The summed E-state index contributed by atoms with van der Waals surface area (Å²) in [4.78, 5) is 17.8. The van der Waals surface area contributed by atoms with Crippen molar-refractivity contribution in [2.45, 2.75) is 143 Å². The molecular formula is C34H66N2O7. The minimum absolute atomic E-state index is 0.000878. The molecule has 0 saturated carbocycles. The molecule has 0 aliphatic carbocycles. The minimum atomic E-state index is -1.66. The van der Waals surface area contributed by atoms with Crippen LogP contribution in [0.2, 0.25) is 0 Å². The fourth-order valence-electron chi connectivity index (χ4n) is 8.22. The molecule has 0 unspecified atom stereocenters. The van der Waals surface area contributed by atoms with E-state index in [9.17, 15) is 25.2 Å². The highest BCUT2D eigenvalue weighted by Crippen LogP contribution is 2.41. The Bertz CT molecular complexity index is 844. The van der Waals surface area contributed by atoms with E-state index in [4.69, 9.17) is 9.47 Å². The van der Waals surface area contributed by atoms with E-state index in [1.165, 1.54) is 6.92 Å². The number of hydrogen-bond acceptors (Lipinski definition) is 9. The number of cyclic esters (lactones) is 1. The largest absolute Gasteiger partial charge is 0.459 e. The Labute approximate surface area is 262 Å². The normalized spacial score (nSPS) is 44.9. The van der Waals surface area contributed by atoms with E-state index in [-0.39, 0.29) is 42.6 Å². The van der Waals surface area contributed by atoms with E-state index < -0.39 is 35.8 Å². The first kappa shape index (κ1) is 38.4. The molecule has 9 heteroatoms. The smallest absolute Gasteiger partial charge is 0.311 e. The summed E-state index contributed by atoms with van der Waals surface area (Å²) in [6, 6.07) is -0.0597. The van der Waals surface area contributed by atoms with E-state index in [1.54, 1.807) is 6.92 Å².